The fraction of sp³-hybridized carbons (Fsp3) is 0.562. The first-order chi connectivity index (χ1) is 9.29. The van der Waals surface area contributed by atoms with Gasteiger partial charge in [0.25, 0.3) is 0 Å². The standard InChI is InChI=1S/C16H25N3/c1-14-7-6-12-19(13-14)16(17-2)18-11-10-15-8-4-3-5-9-15/h3-5,8-9,14H,6-7,10-13H2,1-2H3,(H,17,18). The number of guanidine groups is 1. The lowest BCUT2D eigenvalue weighted by Gasteiger charge is -2.33. The number of likely N-dealkylation sites (tertiary alicyclic amines) is 1. The van der Waals surface area contributed by atoms with E-state index in [1.165, 1.54) is 18.4 Å². The number of hydrogen-bond donors (Lipinski definition) is 1. The molecule has 1 N–H and O–H groups in total. The van der Waals surface area contributed by atoms with Crippen molar-refractivity contribution in [3.8, 4) is 0 Å². The van der Waals surface area contributed by atoms with E-state index in [0.29, 0.717) is 0 Å². The molecule has 1 aliphatic rings. The van der Waals surface area contributed by atoms with Crippen LogP contribution >= 0.6 is 0 Å². The van der Waals surface area contributed by atoms with Gasteiger partial charge in [0.15, 0.2) is 5.96 Å². The molecular weight excluding hydrogens is 234 g/mol. The van der Waals surface area contributed by atoms with Crippen molar-refractivity contribution in [1.82, 2.24) is 10.2 Å². The second-order valence-electron chi connectivity index (χ2n) is 5.40. The van der Waals surface area contributed by atoms with Crippen molar-refractivity contribution in [2.75, 3.05) is 26.7 Å². The van der Waals surface area contributed by atoms with Gasteiger partial charge in [-0.3, -0.25) is 4.99 Å². The van der Waals surface area contributed by atoms with Gasteiger partial charge in [-0.15, -0.1) is 0 Å². The smallest absolute Gasteiger partial charge is 0.193 e. The highest BCUT2D eigenvalue weighted by Gasteiger charge is 2.18. The molecule has 0 aromatic heterocycles. The van der Waals surface area contributed by atoms with Crippen molar-refractivity contribution in [3.05, 3.63) is 35.9 Å². The summed E-state index contributed by atoms with van der Waals surface area (Å²) in [4.78, 5) is 6.80. The van der Waals surface area contributed by atoms with Crippen LogP contribution in [0.25, 0.3) is 0 Å². The van der Waals surface area contributed by atoms with Gasteiger partial charge in [0, 0.05) is 26.7 Å². The molecule has 1 unspecified atom stereocenters. The molecular formula is C16H25N3. The van der Waals surface area contributed by atoms with Crippen molar-refractivity contribution in [2.45, 2.75) is 26.2 Å². The Morgan fingerprint density at radius 1 is 1.37 bits per heavy atom. The predicted octanol–water partition coefficient (Wildman–Crippen LogP) is 2.54. The summed E-state index contributed by atoms with van der Waals surface area (Å²) in [5.74, 6) is 1.84. The summed E-state index contributed by atoms with van der Waals surface area (Å²) in [6.45, 7) is 5.53. The van der Waals surface area contributed by atoms with Crippen molar-refractivity contribution in [3.63, 3.8) is 0 Å². The van der Waals surface area contributed by atoms with Crippen LogP contribution in [0, 0.1) is 5.92 Å². The minimum Gasteiger partial charge on any atom is -0.356 e. The molecule has 1 fully saturated rings. The molecule has 1 atom stereocenters. The lowest BCUT2D eigenvalue weighted by Crippen LogP contribution is -2.46. The molecule has 2 rings (SSSR count). The molecule has 0 amide bonds. The van der Waals surface area contributed by atoms with E-state index in [9.17, 15) is 0 Å². The first kappa shape index (κ1) is 13.9. The maximum absolute atomic E-state index is 4.41. The van der Waals surface area contributed by atoms with Crippen LogP contribution in [0.1, 0.15) is 25.3 Å². The molecule has 1 aromatic carbocycles. The van der Waals surface area contributed by atoms with Crippen molar-refractivity contribution >= 4 is 5.96 Å². The monoisotopic (exact) mass is 259 g/mol. The normalized spacial score (nSPS) is 20.4. The summed E-state index contributed by atoms with van der Waals surface area (Å²) in [5.41, 5.74) is 1.37. The van der Waals surface area contributed by atoms with Crippen LogP contribution in [0.5, 0.6) is 0 Å². The highest BCUT2D eigenvalue weighted by Crippen LogP contribution is 2.15. The second-order valence-corrected chi connectivity index (χ2v) is 5.40. The molecule has 19 heavy (non-hydrogen) atoms. The second kappa shape index (κ2) is 7.17. The van der Waals surface area contributed by atoms with Gasteiger partial charge >= 0.3 is 0 Å². The number of rotatable bonds is 3. The van der Waals surface area contributed by atoms with Gasteiger partial charge in [-0.1, -0.05) is 37.3 Å². The highest BCUT2D eigenvalue weighted by molar-refractivity contribution is 5.79. The van der Waals surface area contributed by atoms with Gasteiger partial charge in [0.05, 0.1) is 0 Å². The number of benzene rings is 1. The third-order valence-corrected chi connectivity index (χ3v) is 3.71. The first-order valence-electron chi connectivity index (χ1n) is 7.29. The molecule has 0 aliphatic carbocycles. The molecule has 1 aliphatic heterocycles. The molecule has 1 saturated heterocycles. The molecule has 0 spiro atoms. The Labute approximate surface area is 116 Å². The van der Waals surface area contributed by atoms with E-state index in [0.717, 1.165) is 37.9 Å². The number of nitrogens with one attached hydrogen (secondary N) is 1. The summed E-state index contributed by atoms with van der Waals surface area (Å²) in [5, 5.41) is 3.48. The van der Waals surface area contributed by atoms with E-state index in [1.807, 2.05) is 7.05 Å². The van der Waals surface area contributed by atoms with Gasteiger partial charge in [0.1, 0.15) is 0 Å². The number of aliphatic imine (C=N–C) groups is 1. The average Bonchev–Trinajstić information content (AvgIpc) is 2.45. The van der Waals surface area contributed by atoms with Gasteiger partial charge in [0.2, 0.25) is 0 Å². The van der Waals surface area contributed by atoms with Crippen LogP contribution in [0.15, 0.2) is 35.3 Å². The van der Waals surface area contributed by atoms with Gasteiger partial charge in [-0.25, -0.2) is 0 Å². The lowest BCUT2D eigenvalue weighted by molar-refractivity contribution is 0.266. The number of hydrogen-bond acceptors (Lipinski definition) is 1. The largest absolute Gasteiger partial charge is 0.356 e. The molecule has 0 saturated carbocycles. The average molecular weight is 259 g/mol. The molecule has 1 heterocycles. The Morgan fingerprint density at radius 2 is 2.16 bits per heavy atom. The Bertz CT molecular complexity index is 400. The SMILES string of the molecule is CN=C(NCCc1ccccc1)N1CCCC(C)C1. The summed E-state index contributed by atoms with van der Waals surface area (Å²) < 4.78 is 0. The quantitative estimate of drug-likeness (QED) is 0.667. The van der Waals surface area contributed by atoms with E-state index in [1.54, 1.807) is 0 Å². The fourth-order valence-electron chi connectivity index (χ4n) is 2.68. The maximum Gasteiger partial charge on any atom is 0.193 e. The van der Waals surface area contributed by atoms with E-state index in [2.05, 4.69) is 52.5 Å². The van der Waals surface area contributed by atoms with E-state index in [-0.39, 0.29) is 0 Å². The summed E-state index contributed by atoms with van der Waals surface area (Å²) in [6.07, 6.45) is 3.67. The fourth-order valence-corrected chi connectivity index (χ4v) is 2.68. The van der Waals surface area contributed by atoms with Crippen LogP contribution in [0.2, 0.25) is 0 Å². The minimum absolute atomic E-state index is 0.779. The Balaban J connectivity index is 1.80. The van der Waals surface area contributed by atoms with Crippen LogP contribution in [0.4, 0.5) is 0 Å². The van der Waals surface area contributed by atoms with Crippen molar-refractivity contribution in [1.29, 1.82) is 0 Å². The Morgan fingerprint density at radius 3 is 2.84 bits per heavy atom. The van der Waals surface area contributed by atoms with Gasteiger partial charge < -0.3 is 10.2 Å². The number of piperidine rings is 1. The van der Waals surface area contributed by atoms with E-state index >= 15 is 0 Å². The Kier molecular flexibility index (Phi) is 5.25. The number of nitrogens with zero attached hydrogens (tertiary/aromatic N) is 2. The van der Waals surface area contributed by atoms with Crippen LogP contribution in [-0.4, -0.2) is 37.5 Å². The van der Waals surface area contributed by atoms with Crippen molar-refractivity contribution < 1.29 is 0 Å². The van der Waals surface area contributed by atoms with Crippen LogP contribution in [0.3, 0.4) is 0 Å². The van der Waals surface area contributed by atoms with E-state index < -0.39 is 0 Å². The highest BCUT2D eigenvalue weighted by atomic mass is 15.3. The summed E-state index contributed by atoms with van der Waals surface area (Å²) >= 11 is 0. The zero-order valence-corrected chi connectivity index (χ0v) is 12.1. The van der Waals surface area contributed by atoms with Gasteiger partial charge in [-0.2, -0.15) is 0 Å². The Hall–Kier alpha value is -1.51. The molecule has 3 heteroatoms. The molecule has 1 aromatic rings. The predicted molar refractivity (Wildman–Crippen MR) is 81.5 cm³/mol. The first-order valence-corrected chi connectivity index (χ1v) is 7.29. The third kappa shape index (κ3) is 4.27. The summed E-state index contributed by atoms with van der Waals surface area (Å²) in [7, 11) is 1.88. The van der Waals surface area contributed by atoms with E-state index in [4.69, 9.17) is 0 Å². The van der Waals surface area contributed by atoms with Crippen LogP contribution in [-0.2, 0) is 6.42 Å². The molecule has 0 bridgehead atoms. The van der Waals surface area contributed by atoms with Crippen molar-refractivity contribution in [2.24, 2.45) is 10.9 Å². The lowest BCUT2D eigenvalue weighted by atomic mass is 10.0. The maximum atomic E-state index is 4.41. The van der Waals surface area contributed by atoms with Crippen LogP contribution < -0.4 is 5.32 Å². The third-order valence-electron chi connectivity index (χ3n) is 3.71. The zero-order chi connectivity index (χ0) is 13.5. The zero-order valence-electron chi connectivity index (χ0n) is 12.1. The summed E-state index contributed by atoms with van der Waals surface area (Å²) in [6, 6.07) is 10.6. The molecule has 104 valence electrons. The van der Waals surface area contributed by atoms with Gasteiger partial charge in [-0.05, 0) is 30.7 Å². The molecule has 3 nitrogen and oxygen atoms in total. The minimum atomic E-state index is 0.779. The molecule has 0 radical (unpaired) electrons. The topological polar surface area (TPSA) is 27.6 Å².